The van der Waals surface area contributed by atoms with Crippen molar-refractivity contribution in [2.45, 2.75) is 32.6 Å². The van der Waals surface area contributed by atoms with Gasteiger partial charge in [-0.1, -0.05) is 6.07 Å². The number of carboxylic acid groups (broad SMARTS) is 1. The lowest BCUT2D eigenvalue weighted by Gasteiger charge is -2.24. The summed E-state index contributed by atoms with van der Waals surface area (Å²) in [4.78, 5) is 78.6. The van der Waals surface area contributed by atoms with E-state index in [1.165, 1.54) is 44.7 Å². The number of aromatic nitrogens is 1. The van der Waals surface area contributed by atoms with Gasteiger partial charge in [-0.15, -0.1) is 0 Å². The Morgan fingerprint density at radius 2 is 1.24 bits per heavy atom. The van der Waals surface area contributed by atoms with Crippen LogP contribution < -0.4 is 24.3 Å². The Morgan fingerprint density at radius 3 is 1.67 bits per heavy atom. The molecule has 15 heteroatoms. The number of benzene rings is 2. The first kappa shape index (κ1) is 33.5. The van der Waals surface area contributed by atoms with E-state index >= 15 is 0 Å². The molecule has 0 bridgehead atoms. The predicted octanol–water partition coefficient (Wildman–Crippen LogP) is 2.10. The van der Waals surface area contributed by atoms with Crippen LogP contribution in [0, 0.1) is 0 Å². The molecule has 2 aromatic carbocycles. The molecule has 0 aliphatic rings. The van der Waals surface area contributed by atoms with Crippen molar-refractivity contribution in [2.24, 2.45) is 0 Å². The summed E-state index contributed by atoms with van der Waals surface area (Å²) in [6, 6.07) is 11.9. The van der Waals surface area contributed by atoms with E-state index in [1.54, 1.807) is 18.2 Å². The average molecular weight is 625 g/mol. The molecular weight excluding hydrogens is 596 g/mol. The average Bonchev–Trinajstić information content (AvgIpc) is 3.01. The molecule has 0 radical (unpaired) electrons. The van der Waals surface area contributed by atoms with Crippen LogP contribution in [0.15, 0.2) is 60.8 Å². The minimum Gasteiger partial charge on any atom is -0.493 e. The molecule has 2 N–H and O–H groups in total. The lowest BCUT2D eigenvalue weighted by atomic mass is 10.1. The van der Waals surface area contributed by atoms with E-state index in [9.17, 15) is 33.9 Å². The lowest BCUT2D eigenvalue weighted by molar-refractivity contribution is -0.159. The molecule has 1 amide bonds. The third-order valence-corrected chi connectivity index (χ3v) is 5.72. The van der Waals surface area contributed by atoms with Crippen molar-refractivity contribution in [3.63, 3.8) is 0 Å². The summed E-state index contributed by atoms with van der Waals surface area (Å²) in [5.41, 5.74) is -0.0594. The highest BCUT2D eigenvalue weighted by Crippen LogP contribution is 2.30. The van der Waals surface area contributed by atoms with Crippen LogP contribution >= 0.6 is 0 Å². The van der Waals surface area contributed by atoms with E-state index in [-0.39, 0.29) is 40.7 Å². The third-order valence-electron chi connectivity index (χ3n) is 5.72. The van der Waals surface area contributed by atoms with Gasteiger partial charge in [-0.2, -0.15) is 0 Å². The normalized spacial score (nSPS) is 11.6. The summed E-state index contributed by atoms with van der Waals surface area (Å²) in [6.07, 6.45) is -3.08. The number of carbonyl (C=O) groups excluding carboxylic acids is 5. The van der Waals surface area contributed by atoms with Crippen LogP contribution in [0.4, 0.5) is 0 Å². The molecule has 0 spiro atoms. The maximum atomic E-state index is 13.3. The van der Waals surface area contributed by atoms with Gasteiger partial charge in [0.2, 0.25) is 12.2 Å². The summed E-state index contributed by atoms with van der Waals surface area (Å²) in [5, 5.41) is 12.4. The van der Waals surface area contributed by atoms with Gasteiger partial charge in [0, 0.05) is 20.0 Å². The molecule has 1 heterocycles. The third kappa shape index (κ3) is 9.25. The number of hydrogen-bond donors (Lipinski definition) is 2. The van der Waals surface area contributed by atoms with Crippen LogP contribution in [-0.2, 0) is 35.2 Å². The number of methoxy groups -OCH3 is 2. The van der Waals surface area contributed by atoms with Crippen molar-refractivity contribution >= 4 is 35.8 Å². The number of amides is 1. The van der Waals surface area contributed by atoms with E-state index in [2.05, 4.69) is 10.3 Å². The quantitative estimate of drug-likeness (QED) is 0.207. The summed E-state index contributed by atoms with van der Waals surface area (Å²) < 4.78 is 30.7. The molecule has 0 unspecified atom stereocenters. The first-order valence-electron chi connectivity index (χ1n) is 13.0. The monoisotopic (exact) mass is 624 g/mol. The van der Waals surface area contributed by atoms with Gasteiger partial charge in [-0.3, -0.25) is 19.4 Å². The van der Waals surface area contributed by atoms with Crippen LogP contribution in [0.25, 0.3) is 0 Å². The molecule has 2 atom stereocenters. The van der Waals surface area contributed by atoms with Crippen molar-refractivity contribution in [1.29, 1.82) is 0 Å². The van der Waals surface area contributed by atoms with Crippen LogP contribution in [0.1, 0.15) is 40.3 Å². The number of ether oxygens (including phenoxy) is 6. The van der Waals surface area contributed by atoms with Gasteiger partial charge in [0.05, 0.1) is 37.6 Å². The molecular formula is C30H28N2O13. The van der Waals surface area contributed by atoms with Gasteiger partial charge < -0.3 is 38.8 Å². The number of carboxylic acids is 1. The van der Waals surface area contributed by atoms with Crippen molar-refractivity contribution < 1.29 is 62.3 Å². The van der Waals surface area contributed by atoms with E-state index in [4.69, 9.17) is 28.4 Å². The summed E-state index contributed by atoms with van der Waals surface area (Å²) in [5.74, 6) is -6.81. The van der Waals surface area contributed by atoms with Crippen LogP contribution in [0.5, 0.6) is 23.0 Å². The summed E-state index contributed by atoms with van der Waals surface area (Å²) in [7, 11) is 2.49. The number of nitrogens with one attached hydrogen (secondary N) is 1. The number of pyridine rings is 1. The van der Waals surface area contributed by atoms with Gasteiger partial charge in [0.1, 0.15) is 0 Å². The fourth-order valence-corrected chi connectivity index (χ4v) is 3.71. The first-order chi connectivity index (χ1) is 21.4. The Labute approximate surface area is 256 Å². The second kappa shape index (κ2) is 15.5. The van der Waals surface area contributed by atoms with Crippen LogP contribution in [-0.4, -0.2) is 72.3 Å². The Kier molecular flexibility index (Phi) is 11.5. The van der Waals surface area contributed by atoms with Gasteiger partial charge >= 0.3 is 29.8 Å². The molecule has 45 heavy (non-hydrogen) atoms. The highest BCUT2D eigenvalue weighted by atomic mass is 16.6. The number of nitrogens with zero attached hydrogens (tertiary/aromatic N) is 1. The topological polar surface area (TPSA) is 203 Å². The highest BCUT2D eigenvalue weighted by molar-refractivity contribution is 5.97. The molecule has 0 aliphatic heterocycles. The number of esters is 4. The van der Waals surface area contributed by atoms with Crippen LogP contribution in [0.3, 0.4) is 0 Å². The van der Waals surface area contributed by atoms with Crippen molar-refractivity contribution in [3.05, 3.63) is 77.6 Å². The van der Waals surface area contributed by atoms with Crippen molar-refractivity contribution in [1.82, 2.24) is 10.3 Å². The Balaban J connectivity index is 1.93. The second-order valence-corrected chi connectivity index (χ2v) is 8.95. The zero-order valence-corrected chi connectivity index (χ0v) is 24.4. The SMILES string of the molecule is COc1cc(C(=O)O[C@@H](C(=O)O)[C@@H](OC(=O)c2ccc(OC(C)=O)c(OC)c2)C(=O)NCc2ccccn2)ccc1OC(C)=O. The van der Waals surface area contributed by atoms with Gasteiger partial charge in [0.15, 0.2) is 23.0 Å². The van der Waals surface area contributed by atoms with Crippen molar-refractivity contribution in [2.75, 3.05) is 14.2 Å². The fourth-order valence-electron chi connectivity index (χ4n) is 3.71. The summed E-state index contributed by atoms with van der Waals surface area (Å²) in [6.45, 7) is 2.13. The smallest absolute Gasteiger partial charge is 0.349 e. The molecule has 3 aromatic rings. The molecule has 0 saturated carbocycles. The van der Waals surface area contributed by atoms with E-state index in [0.717, 1.165) is 26.0 Å². The molecule has 0 saturated heterocycles. The number of carbonyl (C=O) groups is 6. The minimum atomic E-state index is -2.34. The number of aliphatic carboxylic acids is 1. The fraction of sp³-hybridized carbons (Fsp3) is 0.233. The van der Waals surface area contributed by atoms with Gasteiger partial charge in [0.25, 0.3) is 5.91 Å². The van der Waals surface area contributed by atoms with E-state index in [0.29, 0.717) is 5.69 Å². The maximum Gasteiger partial charge on any atom is 0.349 e. The van der Waals surface area contributed by atoms with Crippen molar-refractivity contribution in [3.8, 4) is 23.0 Å². The van der Waals surface area contributed by atoms with Gasteiger partial charge in [-0.05, 0) is 48.5 Å². The van der Waals surface area contributed by atoms with E-state index in [1.807, 2.05) is 0 Å². The molecule has 236 valence electrons. The molecule has 15 nitrogen and oxygen atoms in total. The molecule has 0 aliphatic carbocycles. The molecule has 3 rings (SSSR count). The minimum absolute atomic E-state index is 0.0151. The standard InChI is InChI=1S/C30H28N2O13/c1-16(33)42-21-10-8-18(13-23(21)40-3)29(38)44-25(27(35)32-15-20-7-5-6-12-31-20)26(28(36)37)45-30(39)19-9-11-22(43-17(2)34)24(14-19)41-4/h5-14,25-26H,15H2,1-4H3,(H,32,35)(H,36,37)/t25-,26-/m1/s1. The lowest BCUT2D eigenvalue weighted by Crippen LogP contribution is -2.50. The number of rotatable bonds is 13. The maximum absolute atomic E-state index is 13.3. The second-order valence-electron chi connectivity index (χ2n) is 8.95. The zero-order valence-electron chi connectivity index (χ0n) is 24.4. The largest absolute Gasteiger partial charge is 0.493 e. The Morgan fingerprint density at radius 1 is 0.733 bits per heavy atom. The number of hydrogen-bond acceptors (Lipinski definition) is 13. The highest BCUT2D eigenvalue weighted by Gasteiger charge is 2.41. The first-order valence-corrected chi connectivity index (χ1v) is 13.0. The zero-order chi connectivity index (χ0) is 33.1. The van der Waals surface area contributed by atoms with Crippen LogP contribution in [0.2, 0.25) is 0 Å². The van der Waals surface area contributed by atoms with E-state index < -0.39 is 48.0 Å². The molecule has 1 aromatic heterocycles. The predicted molar refractivity (Wildman–Crippen MR) is 151 cm³/mol. The Hall–Kier alpha value is -5.99. The summed E-state index contributed by atoms with van der Waals surface area (Å²) >= 11 is 0. The Bertz CT molecular complexity index is 1590. The molecule has 0 fully saturated rings. The van der Waals surface area contributed by atoms with Gasteiger partial charge in [-0.25, -0.2) is 14.4 Å².